The normalized spacial score (nSPS) is 10.5. The highest BCUT2D eigenvalue weighted by Crippen LogP contribution is 2.31. The Bertz CT molecular complexity index is 597. The van der Waals surface area contributed by atoms with E-state index >= 15 is 0 Å². The van der Waals surface area contributed by atoms with E-state index in [1.165, 1.54) is 7.11 Å². The number of rotatable bonds is 4. The summed E-state index contributed by atoms with van der Waals surface area (Å²) in [5.41, 5.74) is 1.72. The van der Waals surface area contributed by atoms with Crippen molar-refractivity contribution in [3.05, 3.63) is 39.5 Å². The maximum atomic E-state index is 11.2. The molecule has 0 aliphatic rings. The zero-order valence-electron chi connectivity index (χ0n) is 10.2. The molecule has 0 aliphatic heterocycles. The van der Waals surface area contributed by atoms with Crippen molar-refractivity contribution in [2.45, 2.75) is 12.8 Å². The summed E-state index contributed by atoms with van der Waals surface area (Å²) >= 11 is 9.31. The number of ether oxygens (including phenoxy) is 1. The Morgan fingerprint density at radius 2 is 2.32 bits per heavy atom. The van der Waals surface area contributed by atoms with Crippen molar-refractivity contribution in [2.75, 3.05) is 7.11 Å². The number of carbonyl (C=O) groups excluding carboxylic acids is 1. The van der Waals surface area contributed by atoms with Gasteiger partial charge in [0.2, 0.25) is 0 Å². The lowest BCUT2D eigenvalue weighted by molar-refractivity contribution is -0.140. The standard InChI is InChI=1S/C13H11BrClNO3/c1-18-12(17)5-3-9-7-16-19-13(9)8-2-4-11(15)10(14)6-8/h2,4,6-7H,3,5H2,1H3. The number of aryl methyl sites for hydroxylation is 1. The van der Waals surface area contributed by atoms with Crippen LogP contribution in [-0.2, 0) is 16.0 Å². The monoisotopic (exact) mass is 343 g/mol. The topological polar surface area (TPSA) is 52.3 Å². The van der Waals surface area contributed by atoms with E-state index in [0.717, 1.165) is 15.6 Å². The third-order valence-electron chi connectivity index (χ3n) is 2.65. The lowest BCUT2D eigenvalue weighted by atomic mass is 10.1. The molecule has 0 spiro atoms. The van der Waals surface area contributed by atoms with E-state index in [2.05, 4.69) is 25.8 Å². The van der Waals surface area contributed by atoms with Crippen molar-refractivity contribution in [3.63, 3.8) is 0 Å². The van der Waals surface area contributed by atoms with Gasteiger partial charge in [0, 0.05) is 22.0 Å². The van der Waals surface area contributed by atoms with Gasteiger partial charge in [-0.15, -0.1) is 0 Å². The number of halogens is 2. The quantitative estimate of drug-likeness (QED) is 0.790. The predicted octanol–water partition coefficient (Wildman–Crippen LogP) is 3.86. The van der Waals surface area contributed by atoms with Crippen molar-refractivity contribution in [1.29, 1.82) is 0 Å². The molecule has 1 aromatic carbocycles. The smallest absolute Gasteiger partial charge is 0.305 e. The van der Waals surface area contributed by atoms with E-state index in [-0.39, 0.29) is 5.97 Å². The molecule has 6 heteroatoms. The molecule has 1 aromatic heterocycles. The molecule has 0 aliphatic carbocycles. The van der Waals surface area contributed by atoms with Crippen LogP contribution in [0.15, 0.2) is 33.4 Å². The summed E-state index contributed by atoms with van der Waals surface area (Å²) < 4.78 is 10.6. The number of esters is 1. The summed E-state index contributed by atoms with van der Waals surface area (Å²) in [6.45, 7) is 0. The Kier molecular flexibility index (Phi) is 4.61. The van der Waals surface area contributed by atoms with E-state index in [1.807, 2.05) is 12.1 Å². The summed E-state index contributed by atoms with van der Waals surface area (Å²) in [4.78, 5) is 11.2. The molecule has 0 atom stereocenters. The predicted molar refractivity (Wildman–Crippen MR) is 75.0 cm³/mol. The molecule has 0 amide bonds. The molecule has 1 heterocycles. The summed E-state index contributed by atoms with van der Waals surface area (Å²) in [5, 5.41) is 4.40. The second-order valence-electron chi connectivity index (χ2n) is 3.89. The number of hydrogen-bond acceptors (Lipinski definition) is 4. The van der Waals surface area contributed by atoms with Crippen LogP contribution >= 0.6 is 27.5 Å². The van der Waals surface area contributed by atoms with Crippen molar-refractivity contribution < 1.29 is 14.1 Å². The Balaban J connectivity index is 2.23. The SMILES string of the molecule is COC(=O)CCc1cnoc1-c1ccc(Cl)c(Br)c1. The average Bonchev–Trinajstić information content (AvgIpc) is 2.87. The number of aromatic nitrogens is 1. The van der Waals surface area contributed by atoms with Gasteiger partial charge in [-0.25, -0.2) is 0 Å². The van der Waals surface area contributed by atoms with E-state index in [9.17, 15) is 4.79 Å². The molecule has 2 aromatic rings. The highest BCUT2D eigenvalue weighted by Gasteiger charge is 2.13. The fraction of sp³-hybridized carbons (Fsp3) is 0.231. The summed E-state index contributed by atoms with van der Waals surface area (Å²) in [6, 6.07) is 5.47. The number of methoxy groups -OCH3 is 1. The first-order valence-electron chi connectivity index (χ1n) is 5.57. The molecular weight excluding hydrogens is 334 g/mol. The second-order valence-corrected chi connectivity index (χ2v) is 5.15. The van der Waals surface area contributed by atoms with Crippen LogP contribution in [0.4, 0.5) is 0 Å². The first kappa shape index (κ1) is 14.1. The van der Waals surface area contributed by atoms with Crippen LogP contribution in [0.25, 0.3) is 11.3 Å². The molecule has 0 saturated carbocycles. The molecule has 100 valence electrons. The van der Waals surface area contributed by atoms with Gasteiger partial charge in [0.05, 0.1) is 18.3 Å². The lowest BCUT2D eigenvalue weighted by Crippen LogP contribution is -2.01. The van der Waals surface area contributed by atoms with Gasteiger partial charge < -0.3 is 9.26 Å². The van der Waals surface area contributed by atoms with Crippen molar-refractivity contribution in [1.82, 2.24) is 5.16 Å². The summed E-state index contributed by atoms with van der Waals surface area (Å²) in [7, 11) is 1.37. The molecule has 0 N–H and O–H groups in total. The van der Waals surface area contributed by atoms with Gasteiger partial charge in [-0.3, -0.25) is 4.79 Å². The van der Waals surface area contributed by atoms with Gasteiger partial charge in [0.1, 0.15) is 0 Å². The summed E-state index contributed by atoms with van der Waals surface area (Å²) in [5.74, 6) is 0.380. The fourth-order valence-corrected chi connectivity index (χ4v) is 2.15. The van der Waals surface area contributed by atoms with Crippen LogP contribution in [0.3, 0.4) is 0 Å². The van der Waals surface area contributed by atoms with Crippen LogP contribution in [-0.4, -0.2) is 18.2 Å². The highest BCUT2D eigenvalue weighted by molar-refractivity contribution is 9.10. The Morgan fingerprint density at radius 1 is 1.53 bits per heavy atom. The van der Waals surface area contributed by atoms with Crippen LogP contribution in [0.1, 0.15) is 12.0 Å². The minimum absolute atomic E-state index is 0.260. The van der Waals surface area contributed by atoms with E-state index < -0.39 is 0 Å². The molecule has 0 saturated heterocycles. The summed E-state index contributed by atoms with van der Waals surface area (Å²) in [6.07, 6.45) is 2.42. The van der Waals surface area contributed by atoms with Crippen molar-refractivity contribution >= 4 is 33.5 Å². The van der Waals surface area contributed by atoms with Crippen LogP contribution in [0.2, 0.25) is 5.02 Å². The lowest BCUT2D eigenvalue weighted by Gasteiger charge is -2.03. The molecular formula is C13H11BrClNO3. The maximum Gasteiger partial charge on any atom is 0.305 e. The van der Waals surface area contributed by atoms with Gasteiger partial charge in [0.15, 0.2) is 5.76 Å². The zero-order chi connectivity index (χ0) is 13.8. The molecule has 0 radical (unpaired) electrons. The molecule has 0 bridgehead atoms. The molecule has 0 fully saturated rings. The van der Waals surface area contributed by atoms with E-state index in [1.54, 1.807) is 12.3 Å². The van der Waals surface area contributed by atoms with Gasteiger partial charge in [-0.1, -0.05) is 16.8 Å². The Labute approximate surface area is 123 Å². The van der Waals surface area contributed by atoms with Crippen molar-refractivity contribution in [2.24, 2.45) is 0 Å². The zero-order valence-corrected chi connectivity index (χ0v) is 12.5. The molecule has 2 rings (SSSR count). The van der Waals surface area contributed by atoms with E-state index in [0.29, 0.717) is 23.6 Å². The first-order chi connectivity index (χ1) is 9.11. The third kappa shape index (κ3) is 3.36. The minimum Gasteiger partial charge on any atom is -0.469 e. The second kappa shape index (κ2) is 6.21. The van der Waals surface area contributed by atoms with Crippen LogP contribution in [0.5, 0.6) is 0 Å². The number of nitrogens with zero attached hydrogens (tertiary/aromatic N) is 1. The fourth-order valence-electron chi connectivity index (χ4n) is 1.65. The van der Waals surface area contributed by atoms with Crippen molar-refractivity contribution in [3.8, 4) is 11.3 Å². The average molecular weight is 345 g/mol. The first-order valence-corrected chi connectivity index (χ1v) is 6.74. The van der Waals surface area contributed by atoms with Crippen LogP contribution < -0.4 is 0 Å². The largest absolute Gasteiger partial charge is 0.469 e. The van der Waals surface area contributed by atoms with Gasteiger partial charge in [0.25, 0.3) is 0 Å². The third-order valence-corrected chi connectivity index (χ3v) is 3.87. The number of carbonyl (C=O) groups is 1. The Hall–Kier alpha value is -1.33. The maximum absolute atomic E-state index is 11.2. The van der Waals surface area contributed by atoms with E-state index in [4.69, 9.17) is 16.1 Å². The molecule has 0 unspecified atom stereocenters. The Morgan fingerprint density at radius 3 is 3.00 bits per heavy atom. The van der Waals surface area contributed by atoms with Gasteiger partial charge in [-0.05, 0) is 40.5 Å². The number of hydrogen-bond donors (Lipinski definition) is 0. The minimum atomic E-state index is -0.260. The van der Waals surface area contributed by atoms with Gasteiger partial charge >= 0.3 is 5.97 Å². The molecule has 4 nitrogen and oxygen atoms in total. The van der Waals surface area contributed by atoms with Crippen LogP contribution in [0, 0.1) is 0 Å². The molecule has 19 heavy (non-hydrogen) atoms. The number of benzene rings is 1. The van der Waals surface area contributed by atoms with Gasteiger partial charge in [-0.2, -0.15) is 0 Å². The highest BCUT2D eigenvalue weighted by atomic mass is 79.9.